The molecule has 0 bridgehead atoms. The molecule has 21 heavy (non-hydrogen) atoms. The number of nitrogens with one attached hydrogen (secondary N) is 2. The summed E-state index contributed by atoms with van der Waals surface area (Å²) < 4.78 is 37.5. The van der Waals surface area contributed by atoms with Crippen LogP contribution in [0.4, 0.5) is 19.0 Å². The van der Waals surface area contributed by atoms with Gasteiger partial charge in [-0.1, -0.05) is 0 Å². The highest BCUT2D eigenvalue weighted by molar-refractivity contribution is 7.80. The molecule has 0 saturated carbocycles. The van der Waals surface area contributed by atoms with Crippen molar-refractivity contribution in [2.75, 3.05) is 37.6 Å². The van der Waals surface area contributed by atoms with E-state index in [-0.39, 0.29) is 0 Å². The lowest BCUT2D eigenvalue weighted by molar-refractivity contribution is -0.367. The first-order chi connectivity index (χ1) is 9.91. The minimum atomic E-state index is -4.31. The van der Waals surface area contributed by atoms with E-state index in [4.69, 9.17) is 12.2 Å². The molecule has 1 aromatic rings. The Bertz CT molecular complexity index is 481. The zero-order chi connectivity index (χ0) is 15.5. The van der Waals surface area contributed by atoms with Crippen molar-refractivity contribution < 1.29 is 18.2 Å². The molecule has 2 N–H and O–H groups in total. The maximum Gasteiger partial charge on any atom is 0.419 e. The minimum Gasteiger partial charge on any atom is -0.363 e. The van der Waals surface area contributed by atoms with Gasteiger partial charge in [-0.15, -0.1) is 0 Å². The zero-order valence-electron chi connectivity index (χ0n) is 11.7. The number of alkyl halides is 3. The van der Waals surface area contributed by atoms with Gasteiger partial charge in [-0.3, -0.25) is 4.90 Å². The van der Waals surface area contributed by atoms with Gasteiger partial charge in [-0.05, 0) is 25.2 Å². The van der Waals surface area contributed by atoms with Crippen LogP contribution < -0.4 is 15.2 Å². The number of aromatic amines is 1. The Morgan fingerprint density at radius 2 is 1.95 bits per heavy atom. The molecule has 1 aliphatic heterocycles. The molecule has 2 rings (SSSR count). The van der Waals surface area contributed by atoms with Gasteiger partial charge in [0.15, 0.2) is 5.11 Å². The minimum absolute atomic E-state index is 0.668. The monoisotopic (exact) mass is 319 g/mol. The van der Waals surface area contributed by atoms with Crippen molar-refractivity contribution in [3.8, 4) is 0 Å². The van der Waals surface area contributed by atoms with Crippen molar-refractivity contribution in [1.82, 2.24) is 10.2 Å². The van der Waals surface area contributed by atoms with E-state index in [1.807, 2.05) is 11.8 Å². The average molecular weight is 319 g/mol. The van der Waals surface area contributed by atoms with E-state index < -0.39 is 11.7 Å². The van der Waals surface area contributed by atoms with Crippen LogP contribution in [0.15, 0.2) is 18.3 Å². The van der Waals surface area contributed by atoms with Crippen LogP contribution in [0.25, 0.3) is 0 Å². The molecule has 0 spiro atoms. The molecule has 1 aromatic heterocycles. The summed E-state index contributed by atoms with van der Waals surface area (Å²) in [6.07, 6.45) is -3.31. The Morgan fingerprint density at radius 1 is 1.29 bits per heavy atom. The lowest BCUT2D eigenvalue weighted by Gasteiger charge is -2.32. The predicted octanol–water partition coefficient (Wildman–Crippen LogP) is 1.54. The van der Waals surface area contributed by atoms with Crippen LogP contribution in [0.5, 0.6) is 0 Å². The van der Waals surface area contributed by atoms with Crippen molar-refractivity contribution in [3.63, 3.8) is 0 Å². The topological polar surface area (TPSA) is 32.6 Å². The van der Waals surface area contributed by atoms with Gasteiger partial charge in [-0.2, -0.15) is 13.2 Å². The van der Waals surface area contributed by atoms with E-state index in [9.17, 15) is 13.2 Å². The van der Waals surface area contributed by atoms with E-state index in [1.54, 1.807) is 0 Å². The lowest BCUT2D eigenvalue weighted by atomic mass is 10.2. The standard InChI is InChI=1S/C13H17F3N4S/c1-2-17-12(21)20-7-5-19(6-8-20)11-4-3-10(9-18-11)13(14,15)16/h3-4,9H,2,5-8H2,1H3,(H,17,21)/p+1. The van der Waals surface area contributed by atoms with Crippen molar-refractivity contribution in [2.24, 2.45) is 0 Å². The summed E-state index contributed by atoms with van der Waals surface area (Å²) in [5.74, 6) is 0.692. The second-order valence-corrected chi connectivity index (χ2v) is 5.16. The summed E-state index contributed by atoms with van der Waals surface area (Å²) in [6.45, 7) is 5.70. The largest absolute Gasteiger partial charge is 0.419 e. The Kier molecular flexibility index (Phi) is 4.87. The summed E-state index contributed by atoms with van der Waals surface area (Å²) in [5, 5.41) is 3.83. The summed E-state index contributed by atoms with van der Waals surface area (Å²) in [4.78, 5) is 6.81. The fraction of sp³-hybridized carbons (Fsp3) is 0.538. The summed E-state index contributed by atoms with van der Waals surface area (Å²) in [6, 6.07) is 2.57. The van der Waals surface area contributed by atoms with E-state index in [0.717, 1.165) is 37.0 Å². The van der Waals surface area contributed by atoms with Gasteiger partial charge in [0.25, 0.3) is 5.82 Å². The molecule has 0 atom stereocenters. The molecule has 1 aliphatic rings. The molecule has 1 fully saturated rings. The third-order valence-electron chi connectivity index (χ3n) is 3.36. The number of piperazine rings is 1. The SMILES string of the molecule is CCNC(=S)N1CCN(c2ccc(C(F)(F)F)c[nH+]2)CC1. The van der Waals surface area contributed by atoms with Gasteiger partial charge in [-0.25, -0.2) is 4.98 Å². The van der Waals surface area contributed by atoms with E-state index >= 15 is 0 Å². The van der Waals surface area contributed by atoms with Crippen LogP contribution in [0.3, 0.4) is 0 Å². The normalized spacial score (nSPS) is 16.0. The quantitative estimate of drug-likeness (QED) is 0.838. The molecule has 0 unspecified atom stereocenters. The Labute approximate surface area is 126 Å². The number of anilines is 1. The van der Waals surface area contributed by atoms with Gasteiger partial charge in [0.1, 0.15) is 19.3 Å². The van der Waals surface area contributed by atoms with Crippen LogP contribution in [0.1, 0.15) is 12.5 Å². The number of hydrogen-bond donors (Lipinski definition) is 1. The molecule has 0 radical (unpaired) electrons. The number of rotatable bonds is 2. The third-order valence-corrected chi connectivity index (χ3v) is 3.76. The van der Waals surface area contributed by atoms with Crippen molar-refractivity contribution >= 4 is 23.1 Å². The van der Waals surface area contributed by atoms with Gasteiger partial charge in [0.2, 0.25) is 0 Å². The Morgan fingerprint density at radius 3 is 2.43 bits per heavy atom. The summed E-state index contributed by atoms with van der Waals surface area (Å²) in [7, 11) is 0. The van der Waals surface area contributed by atoms with Crippen LogP contribution in [-0.4, -0.2) is 42.7 Å². The molecular formula is C13H18F3N4S+. The molecule has 0 aromatic carbocycles. The predicted molar refractivity (Wildman–Crippen MR) is 78.1 cm³/mol. The number of H-pyrrole nitrogens is 1. The smallest absolute Gasteiger partial charge is 0.363 e. The fourth-order valence-corrected chi connectivity index (χ4v) is 2.53. The Balaban J connectivity index is 1.95. The summed E-state index contributed by atoms with van der Waals surface area (Å²) >= 11 is 5.25. The maximum absolute atomic E-state index is 12.5. The van der Waals surface area contributed by atoms with Crippen molar-refractivity contribution in [1.29, 1.82) is 0 Å². The molecule has 0 amide bonds. The van der Waals surface area contributed by atoms with Gasteiger partial charge >= 0.3 is 6.18 Å². The molecule has 4 nitrogen and oxygen atoms in total. The lowest BCUT2D eigenvalue weighted by Crippen LogP contribution is -2.52. The first kappa shape index (κ1) is 15.8. The highest BCUT2D eigenvalue weighted by atomic mass is 32.1. The molecule has 1 saturated heterocycles. The van der Waals surface area contributed by atoms with E-state index in [0.29, 0.717) is 18.9 Å². The highest BCUT2D eigenvalue weighted by Crippen LogP contribution is 2.28. The molecule has 2 heterocycles. The zero-order valence-corrected chi connectivity index (χ0v) is 12.5. The van der Waals surface area contributed by atoms with E-state index in [1.165, 1.54) is 6.07 Å². The van der Waals surface area contributed by atoms with Crippen molar-refractivity contribution in [3.05, 3.63) is 23.9 Å². The fourth-order valence-electron chi connectivity index (χ4n) is 2.20. The summed E-state index contributed by atoms with van der Waals surface area (Å²) in [5.41, 5.74) is -0.668. The van der Waals surface area contributed by atoms with Gasteiger partial charge in [0, 0.05) is 12.6 Å². The van der Waals surface area contributed by atoms with Crippen LogP contribution in [0, 0.1) is 0 Å². The number of hydrogen-bond acceptors (Lipinski definition) is 2. The second kappa shape index (κ2) is 6.46. The van der Waals surface area contributed by atoms with Crippen LogP contribution in [-0.2, 0) is 6.18 Å². The molecular weight excluding hydrogens is 301 g/mol. The highest BCUT2D eigenvalue weighted by Gasteiger charge is 2.32. The van der Waals surface area contributed by atoms with E-state index in [2.05, 4.69) is 15.2 Å². The van der Waals surface area contributed by atoms with Crippen LogP contribution in [0.2, 0.25) is 0 Å². The molecule has 8 heteroatoms. The van der Waals surface area contributed by atoms with Gasteiger partial charge in [0.05, 0.1) is 18.7 Å². The van der Waals surface area contributed by atoms with Gasteiger partial charge < -0.3 is 10.2 Å². The van der Waals surface area contributed by atoms with Crippen LogP contribution >= 0.6 is 12.2 Å². The molecule has 116 valence electrons. The number of thiocarbonyl (C=S) groups is 1. The number of pyridine rings is 1. The Hall–Kier alpha value is -1.57. The average Bonchev–Trinajstić information content (AvgIpc) is 2.47. The number of aromatic nitrogens is 1. The maximum atomic E-state index is 12.5. The first-order valence-electron chi connectivity index (χ1n) is 6.78. The first-order valence-corrected chi connectivity index (χ1v) is 7.19. The third kappa shape index (κ3) is 3.96. The number of halogens is 3. The molecule has 0 aliphatic carbocycles. The van der Waals surface area contributed by atoms with Crippen molar-refractivity contribution in [2.45, 2.75) is 13.1 Å². The second-order valence-electron chi connectivity index (χ2n) is 4.77. The number of nitrogens with zero attached hydrogens (tertiary/aromatic N) is 2.